The summed E-state index contributed by atoms with van der Waals surface area (Å²) >= 11 is 0. The van der Waals surface area contributed by atoms with E-state index in [2.05, 4.69) is 48.6 Å². The monoisotopic (exact) mass is 1780 g/mol. The summed E-state index contributed by atoms with van der Waals surface area (Å²) < 4.78 is 100. The maximum Gasteiger partial charge on any atom is 0.411 e. The van der Waals surface area contributed by atoms with Crippen molar-refractivity contribution in [2.24, 2.45) is 11.8 Å². The number of methoxy groups -OCH3 is 3. The summed E-state index contributed by atoms with van der Waals surface area (Å²) in [6, 6.07) is 44.0. The van der Waals surface area contributed by atoms with Crippen molar-refractivity contribution in [1.29, 1.82) is 0 Å². The first-order valence-corrected chi connectivity index (χ1v) is 46.0. The van der Waals surface area contributed by atoms with Gasteiger partial charge in [0, 0.05) is 96.8 Å². The number of sulfonamides is 2. The van der Waals surface area contributed by atoms with Gasteiger partial charge in [-0.1, -0.05) is 148 Å². The lowest BCUT2D eigenvalue weighted by molar-refractivity contribution is -0.141. The number of amides is 6. The van der Waals surface area contributed by atoms with E-state index in [1.807, 2.05) is 84.9 Å². The molecule has 0 unspecified atom stereocenters. The van der Waals surface area contributed by atoms with Gasteiger partial charge in [-0.25, -0.2) is 45.8 Å². The first-order valence-electron chi connectivity index (χ1n) is 43.0. The highest BCUT2D eigenvalue weighted by atomic mass is 32.2. The minimum Gasteiger partial charge on any atom is -0.497 e. The average Bonchev–Trinajstić information content (AvgIpc) is 1.58. The van der Waals surface area contributed by atoms with E-state index in [0.29, 0.717) is 93.5 Å². The van der Waals surface area contributed by atoms with Crippen LogP contribution in [0.1, 0.15) is 157 Å². The molecule has 2 aliphatic carbocycles. The number of unbranched alkanes of at least 4 members (excludes halogenated alkanes) is 10. The molecule has 7 N–H and O–H groups in total. The molecule has 4 fully saturated rings. The lowest BCUT2D eigenvalue weighted by Gasteiger charge is -2.29. The number of hydrogen-bond acceptors (Lipinski definition) is 23. The summed E-state index contributed by atoms with van der Waals surface area (Å²) in [4.78, 5) is 119. The molecule has 6 aromatic carbocycles. The van der Waals surface area contributed by atoms with E-state index in [9.17, 15) is 55.2 Å². The molecule has 2 saturated carbocycles. The average molecular weight is 1780 g/mol. The van der Waals surface area contributed by atoms with E-state index < -0.39 is 120 Å². The molecule has 6 amide bonds. The number of carboxylic acids is 1. The van der Waals surface area contributed by atoms with Crippen LogP contribution < -0.4 is 49.7 Å². The minimum atomic E-state index is -4.43. The van der Waals surface area contributed by atoms with E-state index in [4.69, 9.17) is 43.5 Å². The highest BCUT2D eigenvalue weighted by molar-refractivity contribution is 7.90. The molecule has 2 aromatic heterocycles. The van der Waals surface area contributed by atoms with Crippen LogP contribution in [0.4, 0.5) is 21.0 Å². The highest BCUT2D eigenvalue weighted by Crippen LogP contribution is 2.48. The molecule has 0 bridgehead atoms. The topological polar surface area (TPSA) is 394 Å². The maximum absolute atomic E-state index is 14.4. The summed E-state index contributed by atoms with van der Waals surface area (Å²) in [6.45, 7) is 18.9. The van der Waals surface area contributed by atoms with Crippen LogP contribution in [0.2, 0.25) is 0 Å². The van der Waals surface area contributed by atoms with Crippen LogP contribution in [0.25, 0.3) is 44.3 Å². The van der Waals surface area contributed by atoms with Gasteiger partial charge in [-0.15, -0.1) is 13.2 Å². The van der Waals surface area contributed by atoms with Gasteiger partial charge in [0.2, 0.25) is 11.8 Å². The second-order valence-corrected chi connectivity index (χ2v) is 37.5. The highest BCUT2D eigenvalue weighted by Gasteiger charge is 2.63. The van der Waals surface area contributed by atoms with E-state index in [1.165, 1.54) is 41.2 Å². The molecule has 32 heteroatoms. The fourth-order valence-electron chi connectivity index (χ4n) is 15.6. The van der Waals surface area contributed by atoms with Crippen LogP contribution in [0.15, 0.2) is 193 Å². The number of benzene rings is 6. The van der Waals surface area contributed by atoms with E-state index >= 15 is 0 Å². The molecule has 0 radical (unpaired) electrons. The number of esters is 1. The van der Waals surface area contributed by atoms with Crippen molar-refractivity contribution in [3.8, 4) is 45.5 Å². The molecule has 0 spiro atoms. The van der Waals surface area contributed by atoms with Gasteiger partial charge in [0.1, 0.15) is 79.4 Å². The zero-order chi connectivity index (χ0) is 91.4. The molecule has 127 heavy (non-hydrogen) atoms. The van der Waals surface area contributed by atoms with Crippen molar-refractivity contribution < 1.29 is 93.5 Å². The van der Waals surface area contributed by atoms with Crippen LogP contribution in [0.5, 0.6) is 23.0 Å². The largest absolute Gasteiger partial charge is 0.497 e. The third kappa shape index (κ3) is 25.1. The van der Waals surface area contributed by atoms with Gasteiger partial charge < -0.3 is 59.5 Å². The van der Waals surface area contributed by atoms with Crippen LogP contribution in [0.3, 0.4) is 0 Å². The van der Waals surface area contributed by atoms with Crippen molar-refractivity contribution in [2.75, 3.05) is 58.1 Å². The van der Waals surface area contributed by atoms with Crippen LogP contribution >= 0.6 is 0 Å². The molecular formula is C95H116N10O20S2. The molecule has 8 atom stereocenters. The van der Waals surface area contributed by atoms with Crippen molar-refractivity contribution in [1.82, 2.24) is 39.8 Å². The number of nitrogens with zero attached hydrogens (tertiary/aromatic N) is 4. The fourth-order valence-corrected chi connectivity index (χ4v) is 18.1. The first kappa shape index (κ1) is 95.3. The third-order valence-corrected chi connectivity index (χ3v) is 25.2. The number of ether oxygens (including phenoxy) is 7. The maximum atomic E-state index is 14.4. The summed E-state index contributed by atoms with van der Waals surface area (Å²) in [5.74, 6) is -3.20. The zero-order valence-electron chi connectivity index (χ0n) is 73.4. The molecule has 12 rings (SSSR count). The number of aromatic nitrogens is 2. The minimum absolute atomic E-state index is 0.0209. The number of hydrogen-bond donors (Lipinski definition) is 7. The van der Waals surface area contributed by atoms with Crippen molar-refractivity contribution in [3.63, 3.8) is 0 Å². The number of pyridine rings is 2. The van der Waals surface area contributed by atoms with Crippen LogP contribution in [0, 0.1) is 11.8 Å². The second kappa shape index (κ2) is 42.3. The number of carbonyl (C=O) groups excluding carboxylic acids is 7. The first-order chi connectivity index (χ1) is 60.6. The number of anilines is 2. The SMILES string of the molecule is C=C[C@@H]1C[C@]1(NC(=O)[C@@H]1C[C@@H](Oc2cc(-c3ccccc3)nc3cc(OC)ccc23)CN1C(=O)OC(C)(C)C)C(=O)NS(=O)(=O)c1ccccc1NCCCCCCCCC(=O)O.C=C[C@@H]1C[C@]1(NC(=O)[C@@H]1C[C@@H](Oc2cc(-c3ccccc3)nc3cc(OC)ccc23)CN1C(=O)OC(C)(C)C)C(=O)NS(=O)(=O)c1ccccc1NCCCCCCCCC(=O)OC. The molecule has 4 aliphatic rings. The summed E-state index contributed by atoms with van der Waals surface area (Å²) in [7, 11) is -4.33. The van der Waals surface area contributed by atoms with Gasteiger partial charge in [0.15, 0.2) is 0 Å². The number of aliphatic carboxylic acids is 1. The number of carbonyl (C=O) groups is 8. The van der Waals surface area contributed by atoms with Gasteiger partial charge in [-0.3, -0.25) is 38.6 Å². The molecule has 2 aliphatic heterocycles. The summed E-state index contributed by atoms with van der Waals surface area (Å²) in [5.41, 5.74) is -0.188. The van der Waals surface area contributed by atoms with Gasteiger partial charge in [0.25, 0.3) is 31.9 Å². The second-order valence-electron chi connectivity index (χ2n) is 34.2. The third-order valence-electron chi connectivity index (χ3n) is 22.5. The van der Waals surface area contributed by atoms with Crippen LogP contribution in [-0.2, 0) is 63.0 Å². The molecular weight excluding hydrogens is 1670 g/mol. The summed E-state index contributed by atoms with van der Waals surface area (Å²) in [5, 5.41) is 22.2. The number of rotatable bonds is 40. The number of likely N-dealkylation sites (tertiary alicyclic amines) is 2. The Balaban J connectivity index is 0.000000246. The van der Waals surface area contributed by atoms with E-state index in [-0.39, 0.29) is 61.0 Å². The Hall–Kier alpha value is -12.3. The standard InChI is InChI=1S/C48H59N5O10S.C47H57N5O10S/c1-7-33-30-48(33,45(56)52-64(58,59)42-22-17-16-21-37(42)49-26-18-11-9-8-10-15-23-43(54)61-6)51-44(55)40-28-35(31-53(40)46(57)63-47(2,3)4)62-41-29-38(32-19-13-12-14-20-32)50-39-27-34(60-5)24-25-36(39)41;1-6-32-29-47(32,44(56)51-63(58,59)41-21-16-15-20-36(41)48-25-17-10-8-7-9-14-22-42(53)54)50-43(55)39-27-34(30-52(39)45(57)62-46(2,3)4)61-40-28-37(31-18-12-11-13-19-31)49-38-26-33(60-5)23-24-35(38)40/h7,12-14,16-17,19-22,24-25,27,29,33,35,40,49H,1,8-11,15,18,23,26,28,30-31H2,2-6H3,(H,51,55)(H,52,56);6,11-13,15-16,18-21,23-24,26,28,32,34,39,48H,1,7-10,14,17,22,25,27,29-30H2,2-5H3,(H,50,55)(H,51,56)(H,53,54)/t33-,35-,40+,48-;32-,34-,39+,47-/m11/s1. The number of para-hydroxylation sites is 2. The van der Waals surface area contributed by atoms with Crippen LogP contribution in [-0.4, -0.2) is 184 Å². The predicted molar refractivity (Wildman–Crippen MR) is 482 cm³/mol. The van der Waals surface area contributed by atoms with Gasteiger partial charge in [-0.05, 0) is 129 Å². The predicted octanol–water partition coefficient (Wildman–Crippen LogP) is 15.0. The quantitative estimate of drug-likeness (QED) is 0.00811. The molecule has 30 nitrogen and oxygen atoms in total. The van der Waals surface area contributed by atoms with Gasteiger partial charge >= 0.3 is 24.1 Å². The van der Waals surface area contributed by atoms with E-state index in [1.54, 1.807) is 116 Å². The van der Waals surface area contributed by atoms with E-state index in [0.717, 1.165) is 81.8 Å². The Morgan fingerprint density at radius 3 is 1.22 bits per heavy atom. The van der Waals surface area contributed by atoms with Crippen molar-refractivity contribution in [3.05, 3.63) is 183 Å². The lowest BCUT2D eigenvalue weighted by Crippen LogP contribution is -2.56. The Bertz CT molecular complexity index is 5540. The number of fused-ring (bicyclic) bond motifs is 2. The Kier molecular flexibility index (Phi) is 31.8. The Morgan fingerprint density at radius 2 is 0.858 bits per heavy atom. The van der Waals surface area contributed by atoms with Gasteiger partial charge in [-0.2, -0.15) is 0 Å². The lowest BCUT2D eigenvalue weighted by atomic mass is 10.1. The molecule has 8 aromatic rings. The molecule has 4 heterocycles. The summed E-state index contributed by atoms with van der Waals surface area (Å²) in [6.07, 6.45) is 11.2. The molecule has 678 valence electrons. The Morgan fingerprint density at radius 1 is 0.488 bits per heavy atom. The van der Waals surface area contributed by atoms with Gasteiger partial charge in [0.05, 0.1) is 68.2 Å². The smallest absolute Gasteiger partial charge is 0.411 e. The molecule has 2 saturated heterocycles. The number of nitrogens with one attached hydrogen (secondary N) is 6. The zero-order valence-corrected chi connectivity index (χ0v) is 75.0. The normalized spacial score (nSPS) is 19.4. The van der Waals surface area contributed by atoms with Crippen molar-refractivity contribution >= 4 is 101 Å². The van der Waals surface area contributed by atoms with Crippen molar-refractivity contribution in [2.45, 2.75) is 213 Å². The number of carboxylic acid groups (broad SMARTS) is 1. The Labute approximate surface area is 742 Å². The fraction of sp³-hybridized carbons (Fsp3) is 0.432.